The van der Waals surface area contributed by atoms with Crippen LogP contribution in [0.5, 0.6) is 0 Å². The van der Waals surface area contributed by atoms with Gasteiger partial charge in [-0.1, -0.05) is 25.4 Å². The zero-order chi connectivity index (χ0) is 15.9. The van der Waals surface area contributed by atoms with Crippen molar-refractivity contribution in [2.45, 2.75) is 39.2 Å². The van der Waals surface area contributed by atoms with Gasteiger partial charge in [0.15, 0.2) is 0 Å². The van der Waals surface area contributed by atoms with Crippen LogP contribution in [0.15, 0.2) is 18.2 Å². The minimum absolute atomic E-state index is 0.0606. The number of carbonyl (C=O) groups excluding carboxylic acids is 1. The van der Waals surface area contributed by atoms with Crippen LogP contribution >= 0.6 is 11.6 Å². The lowest BCUT2D eigenvalue weighted by molar-refractivity contribution is -0.127. The molecule has 0 atom stereocenters. The molecular formula is C17H21ClN2O2. The summed E-state index contributed by atoms with van der Waals surface area (Å²) in [6.45, 7) is 4.59. The molecule has 2 aromatic rings. The predicted octanol–water partition coefficient (Wildman–Crippen LogP) is 3.33. The lowest BCUT2D eigenvalue weighted by Gasteiger charge is -2.11. The number of aromatic amines is 1. The number of fused-ring (bicyclic) bond motifs is 1. The molecule has 0 bridgehead atoms. The molecule has 0 aliphatic heterocycles. The lowest BCUT2D eigenvalue weighted by atomic mass is 10.0. The molecule has 1 saturated carbocycles. The van der Waals surface area contributed by atoms with E-state index in [1.54, 1.807) is 0 Å². The van der Waals surface area contributed by atoms with E-state index in [-0.39, 0.29) is 12.5 Å². The fourth-order valence-corrected chi connectivity index (χ4v) is 3.13. The molecule has 1 heterocycles. The molecule has 0 spiro atoms. The van der Waals surface area contributed by atoms with E-state index in [1.165, 1.54) is 0 Å². The number of H-pyrrole nitrogens is 1. The van der Waals surface area contributed by atoms with Gasteiger partial charge in [-0.05, 0) is 42.5 Å². The molecule has 0 saturated heterocycles. The molecule has 3 rings (SSSR count). The van der Waals surface area contributed by atoms with Crippen LogP contribution in [-0.2, 0) is 11.3 Å². The van der Waals surface area contributed by atoms with Gasteiger partial charge >= 0.3 is 0 Å². The quantitative estimate of drug-likeness (QED) is 0.791. The average molecular weight is 321 g/mol. The van der Waals surface area contributed by atoms with Crippen molar-refractivity contribution in [3.63, 3.8) is 0 Å². The third-order valence-corrected chi connectivity index (χ3v) is 4.82. The molecule has 5 heteroatoms. The predicted molar refractivity (Wildman–Crippen MR) is 88.0 cm³/mol. The smallest absolute Gasteiger partial charge is 0.228 e. The van der Waals surface area contributed by atoms with Crippen molar-refractivity contribution in [3.05, 3.63) is 34.5 Å². The van der Waals surface area contributed by atoms with Crippen molar-refractivity contribution in [1.82, 2.24) is 10.3 Å². The zero-order valence-electron chi connectivity index (χ0n) is 12.9. The van der Waals surface area contributed by atoms with E-state index in [9.17, 15) is 9.90 Å². The summed E-state index contributed by atoms with van der Waals surface area (Å²) in [7, 11) is 0. The summed E-state index contributed by atoms with van der Waals surface area (Å²) in [5.41, 5.74) is 2.55. The number of hydrogen-bond donors (Lipinski definition) is 3. The second-order valence-corrected chi connectivity index (χ2v) is 6.94. The number of carbonyl (C=O) groups is 1. The van der Waals surface area contributed by atoms with E-state index in [4.69, 9.17) is 11.6 Å². The summed E-state index contributed by atoms with van der Waals surface area (Å²) in [6.07, 6.45) is 1.55. The van der Waals surface area contributed by atoms with Gasteiger partial charge in [-0.15, -0.1) is 0 Å². The van der Waals surface area contributed by atoms with Gasteiger partial charge in [0.05, 0.1) is 18.6 Å². The topological polar surface area (TPSA) is 65.1 Å². The molecule has 22 heavy (non-hydrogen) atoms. The maximum atomic E-state index is 12.0. The van der Waals surface area contributed by atoms with Crippen molar-refractivity contribution in [2.24, 2.45) is 5.41 Å². The molecule has 4 nitrogen and oxygen atoms in total. The summed E-state index contributed by atoms with van der Waals surface area (Å²) in [5, 5.41) is 14.0. The Labute approximate surface area is 134 Å². The van der Waals surface area contributed by atoms with Gasteiger partial charge in [0, 0.05) is 21.6 Å². The summed E-state index contributed by atoms with van der Waals surface area (Å²) >= 11 is 6.31. The van der Waals surface area contributed by atoms with Gasteiger partial charge in [0.25, 0.3) is 0 Å². The third kappa shape index (κ3) is 2.73. The second-order valence-electron chi connectivity index (χ2n) is 6.53. The number of nitrogens with one attached hydrogen (secondary N) is 2. The Morgan fingerprint density at radius 1 is 1.41 bits per heavy atom. The first-order valence-corrected chi connectivity index (χ1v) is 8.03. The van der Waals surface area contributed by atoms with Crippen molar-refractivity contribution >= 4 is 28.4 Å². The van der Waals surface area contributed by atoms with Crippen LogP contribution in [-0.4, -0.2) is 22.6 Å². The zero-order valence-corrected chi connectivity index (χ0v) is 13.6. The highest BCUT2D eigenvalue weighted by atomic mass is 35.5. The van der Waals surface area contributed by atoms with Crippen molar-refractivity contribution in [1.29, 1.82) is 0 Å². The first-order chi connectivity index (χ1) is 10.4. The largest absolute Gasteiger partial charge is 0.395 e. The Morgan fingerprint density at radius 3 is 2.73 bits per heavy atom. The van der Waals surface area contributed by atoms with Crippen LogP contribution in [0, 0.1) is 5.41 Å². The molecule has 1 amide bonds. The number of aliphatic hydroxyl groups is 1. The van der Waals surface area contributed by atoms with Crippen LogP contribution in [0.25, 0.3) is 10.9 Å². The van der Waals surface area contributed by atoms with Crippen LogP contribution in [0.1, 0.15) is 43.9 Å². The van der Waals surface area contributed by atoms with Crippen molar-refractivity contribution in [2.75, 3.05) is 6.61 Å². The van der Waals surface area contributed by atoms with E-state index in [0.29, 0.717) is 12.5 Å². The highest BCUT2D eigenvalue weighted by Gasteiger charge is 2.49. The molecule has 118 valence electrons. The van der Waals surface area contributed by atoms with Crippen LogP contribution in [0.3, 0.4) is 0 Å². The van der Waals surface area contributed by atoms with Gasteiger partial charge in [-0.3, -0.25) is 4.79 Å². The summed E-state index contributed by atoms with van der Waals surface area (Å²) in [4.78, 5) is 15.4. The number of aliphatic hydroxyl groups excluding tert-OH is 1. The monoisotopic (exact) mass is 320 g/mol. The van der Waals surface area contributed by atoms with E-state index in [1.807, 2.05) is 12.1 Å². The molecule has 1 aromatic carbocycles. The molecular weight excluding hydrogens is 300 g/mol. The van der Waals surface area contributed by atoms with Crippen LogP contribution in [0.2, 0.25) is 5.02 Å². The number of hydrogen-bond acceptors (Lipinski definition) is 2. The van der Waals surface area contributed by atoms with Crippen molar-refractivity contribution in [3.8, 4) is 0 Å². The highest BCUT2D eigenvalue weighted by molar-refractivity contribution is 6.32. The summed E-state index contributed by atoms with van der Waals surface area (Å²) in [5.74, 6) is 0.303. The molecule has 1 aliphatic carbocycles. The fraction of sp³-hybridized carbons (Fsp3) is 0.471. The van der Waals surface area contributed by atoms with Gasteiger partial charge in [0.2, 0.25) is 5.91 Å². The number of rotatable bonds is 5. The average Bonchev–Trinajstić information content (AvgIpc) is 3.18. The number of aromatic nitrogens is 1. The van der Waals surface area contributed by atoms with E-state index < -0.39 is 5.41 Å². The van der Waals surface area contributed by atoms with Gasteiger partial charge in [0.1, 0.15) is 0 Å². The van der Waals surface area contributed by atoms with E-state index in [0.717, 1.165) is 40.0 Å². The molecule has 0 unspecified atom stereocenters. The minimum Gasteiger partial charge on any atom is -0.395 e. The SMILES string of the molecule is CC(C)c1cc2[nH]c(CNC(=O)C3(CO)CC3)cc2cc1Cl. The number of halogens is 1. The maximum absolute atomic E-state index is 12.0. The molecule has 1 aliphatic rings. The normalized spacial score (nSPS) is 16.2. The maximum Gasteiger partial charge on any atom is 0.228 e. The molecule has 1 aromatic heterocycles. The first kappa shape index (κ1) is 15.4. The number of benzene rings is 1. The third-order valence-electron chi connectivity index (χ3n) is 4.49. The Morgan fingerprint density at radius 2 is 2.14 bits per heavy atom. The Kier molecular flexibility index (Phi) is 3.91. The van der Waals surface area contributed by atoms with Gasteiger partial charge in [-0.2, -0.15) is 0 Å². The minimum atomic E-state index is -0.528. The standard InChI is InChI=1S/C17H21ClN2O2/c1-10(2)13-7-15-11(6-14(13)18)5-12(20-15)8-19-16(22)17(9-21)3-4-17/h5-7,10,20-21H,3-4,8-9H2,1-2H3,(H,19,22). The van der Waals surface area contributed by atoms with E-state index in [2.05, 4.69) is 30.2 Å². The van der Waals surface area contributed by atoms with Crippen LogP contribution in [0.4, 0.5) is 0 Å². The van der Waals surface area contributed by atoms with E-state index >= 15 is 0 Å². The lowest BCUT2D eigenvalue weighted by Crippen LogP contribution is -2.33. The fourth-order valence-electron chi connectivity index (χ4n) is 2.74. The van der Waals surface area contributed by atoms with Gasteiger partial charge < -0.3 is 15.4 Å². The first-order valence-electron chi connectivity index (χ1n) is 7.65. The Hall–Kier alpha value is -1.52. The molecule has 0 radical (unpaired) electrons. The Balaban J connectivity index is 1.76. The molecule has 1 fully saturated rings. The Bertz CT molecular complexity index is 717. The summed E-state index contributed by atoms with van der Waals surface area (Å²) < 4.78 is 0. The number of amides is 1. The summed E-state index contributed by atoms with van der Waals surface area (Å²) in [6, 6.07) is 6.04. The highest BCUT2D eigenvalue weighted by Crippen LogP contribution is 2.45. The van der Waals surface area contributed by atoms with Crippen molar-refractivity contribution < 1.29 is 9.90 Å². The van der Waals surface area contributed by atoms with Crippen LogP contribution < -0.4 is 5.32 Å². The second kappa shape index (κ2) is 5.60. The molecule has 3 N–H and O–H groups in total. The van der Waals surface area contributed by atoms with Gasteiger partial charge in [-0.25, -0.2) is 0 Å².